The molecule has 7 heteroatoms. The summed E-state index contributed by atoms with van der Waals surface area (Å²) in [5, 5.41) is 13.3. The fraction of sp³-hybridized carbons (Fsp3) is 0.300. The molecule has 5 nitrogen and oxygen atoms in total. The number of aryl methyl sites for hydroxylation is 2. The van der Waals surface area contributed by atoms with Gasteiger partial charge in [-0.05, 0) is 57.4 Å². The lowest BCUT2D eigenvalue weighted by Gasteiger charge is -2.26. The minimum absolute atomic E-state index is 0.115. The van der Waals surface area contributed by atoms with Crippen LogP contribution in [-0.4, -0.2) is 26.6 Å². The topological polar surface area (TPSA) is 59.8 Å². The van der Waals surface area contributed by atoms with Crippen molar-refractivity contribution in [3.8, 4) is 5.69 Å². The summed E-state index contributed by atoms with van der Waals surface area (Å²) in [6, 6.07) is 26.5. The predicted octanol–water partition coefficient (Wildman–Crippen LogP) is 6.84. The Hall–Kier alpha value is -3.09. The first-order chi connectivity index (χ1) is 17.8. The molecule has 0 fully saturated rings. The maximum atomic E-state index is 13.3. The average molecular weight is 533 g/mol. The summed E-state index contributed by atoms with van der Waals surface area (Å²) >= 11 is 7.77. The summed E-state index contributed by atoms with van der Waals surface area (Å²) in [6.07, 6.45) is 0.581. The van der Waals surface area contributed by atoms with Gasteiger partial charge in [0.15, 0.2) is 11.0 Å². The van der Waals surface area contributed by atoms with Crippen LogP contribution in [0.15, 0.2) is 84.0 Å². The summed E-state index contributed by atoms with van der Waals surface area (Å²) in [5.74, 6) is 1.56. The Kier molecular flexibility index (Phi) is 8.72. The summed E-state index contributed by atoms with van der Waals surface area (Å²) in [4.78, 5) is 13.3. The molecule has 1 N–H and O–H groups in total. The molecule has 1 amide bonds. The zero-order valence-corrected chi connectivity index (χ0v) is 23.3. The number of carbonyl (C=O) groups is 1. The van der Waals surface area contributed by atoms with Gasteiger partial charge in [-0.3, -0.25) is 9.36 Å². The van der Waals surface area contributed by atoms with Gasteiger partial charge in [-0.1, -0.05) is 89.6 Å². The van der Waals surface area contributed by atoms with Crippen LogP contribution in [0.5, 0.6) is 0 Å². The van der Waals surface area contributed by atoms with Crippen molar-refractivity contribution in [2.45, 2.75) is 51.1 Å². The smallest absolute Gasteiger partial charge is 0.227 e. The number of benzene rings is 3. The van der Waals surface area contributed by atoms with Gasteiger partial charge in [0.25, 0.3) is 0 Å². The Morgan fingerprint density at radius 3 is 2.32 bits per heavy atom. The molecule has 1 heterocycles. The summed E-state index contributed by atoms with van der Waals surface area (Å²) in [5.41, 5.74) is 4.97. The fourth-order valence-electron chi connectivity index (χ4n) is 3.96. The second kappa shape index (κ2) is 12.0. The first-order valence-corrected chi connectivity index (χ1v) is 13.9. The first-order valence-electron chi connectivity index (χ1n) is 12.4. The van der Waals surface area contributed by atoms with Gasteiger partial charge in [-0.25, -0.2) is 0 Å². The van der Waals surface area contributed by atoms with E-state index in [0.29, 0.717) is 12.2 Å². The van der Waals surface area contributed by atoms with Gasteiger partial charge in [-0.15, -0.1) is 21.8 Å². The predicted molar refractivity (Wildman–Crippen MR) is 152 cm³/mol. The maximum Gasteiger partial charge on any atom is 0.227 e. The van der Waals surface area contributed by atoms with Crippen LogP contribution >= 0.6 is 23.4 Å². The summed E-state index contributed by atoms with van der Waals surface area (Å²) < 4.78 is 2.07. The van der Waals surface area contributed by atoms with Crippen molar-refractivity contribution < 1.29 is 4.79 Å². The number of rotatable bonds is 10. The normalized spacial score (nSPS) is 12.4. The van der Waals surface area contributed by atoms with Crippen LogP contribution < -0.4 is 5.32 Å². The minimum atomic E-state index is -0.714. The lowest BCUT2D eigenvalue weighted by molar-refractivity contribution is -0.129. The summed E-state index contributed by atoms with van der Waals surface area (Å²) in [6.45, 7) is 7.86. The van der Waals surface area contributed by atoms with Crippen molar-refractivity contribution in [3.05, 3.63) is 107 Å². The Labute approximate surface area is 228 Å². The van der Waals surface area contributed by atoms with Gasteiger partial charge in [0, 0.05) is 17.3 Å². The van der Waals surface area contributed by atoms with Crippen LogP contribution in [0.1, 0.15) is 48.0 Å². The van der Waals surface area contributed by atoms with Gasteiger partial charge in [0.05, 0.1) is 11.5 Å². The molecule has 0 saturated carbocycles. The lowest BCUT2D eigenvalue weighted by Crippen LogP contribution is -2.41. The van der Waals surface area contributed by atoms with Crippen LogP contribution in [0, 0.1) is 19.3 Å². The lowest BCUT2D eigenvalue weighted by atomic mass is 9.94. The third-order valence-corrected chi connectivity index (χ3v) is 7.92. The zero-order valence-electron chi connectivity index (χ0n) is 21.7. The average Bonchev–Trinajstić information content (AvgIpc) is 3.32. The fourth-order valence-corrected chi connectivity index (χ4v) is 4.98. The van der Waals surface area contributed by atoms with Gasteiger partial charge in [0.1, 0.15) is 0 Å². The van der Waals surface area contributed by atoms with Gasteiger partial charge >= 0.3 is 0 Å². The highest BCUT2D eigenvalue weighted by Gasteiger charge is 2.31. The first kappa shape index (κ1) is 27.0. The molecule has 0 bridgehead atoms. The standard InChI is InChI=1S/C30H33ClN4OS/c1-21-13-15-25(16-14-21)35-27(33-34-29(35)37-19-24-12-8-9-22(2)17-24)26(18-23-10-6-5-7-11-23)32-28(36)30(3,4)20-31/h5-17,26H,18-20H2,1-4H3,(H,32,36). The second-order valence-electron chi connectivity index (χ2n) is 10.0. The van der Waals surface area contributed by atoms with Crippen molar-refractivity contribution in [2.24, 2.45) is 5.41 Å². The number of hydrogen-bond acceptors (Lipinski definition) is 4. The molecule has 3 aromatic carbocycles. The molecule has 1 aromatic heterocycles. The molecule has 4 aromatic rings. The van der Waals surface area contributed by atoms with E-state index in [9.17, 15) is 4.79 Å². The number of aromatic nitrogens is 3. The molecule has 1 unspecified atom stereocenters. The van der Waals surface area contributed by atoms with E-state index >= 15 is 0 Å². The quantitative estimate of drug-likeness (QED) is 0.179. The van der Waals surface area contributed by atoms with Gasteiger partial charge in [0.2, 0.25) is 5.91 Å². The van der Waals surface area contributed by atoms with E-state index in [1.807, 2.05) is 32.0 Å². The maximum absolute atomic E-state index is 13.3. The summed E-state index contributed by atoms with van der Waals surface area (Å²) in [7, 11) is 0. The number of hydrogen-bond donors (Lipinski definition) is 1. The number of thioether (sulfide) groups is 1. The highest BCUT2D eigenvalue weighted by Crippen LogP contribution is 2.30. The molecule has 0 saturated heterocycles. The van der Waals surface area contributed by atoms with Crippen LogP contribution in [-0.2, 0) is 17.0 Å². The van der Waals surface area contributed by atoms with Crippen molar-refractivity contribution >= 4 is 29.3 Å². The van der Waals surface area contributed by atoms with E-state index in [1.54, 1.807) is 11.8 Å². The third-order valence-electron chi connectivity index (χ3n) is 6.25. The second-order valence-corrected chi connectivity index (χ2v) is 11.2. The van der Waals surface area contributed by atoms with Crippen LogP contribution in [0.2, 0.25) is 0 Å². The number of nitrogens with one attached hydrogen (secondary N) is 1. The molecule has 0 spiro atoms. The van der Waals surface area contributed by atoms with Crippen molar-refractivity contribution in [1.82, 2.24) is 20.1 Å². The molecule has 1 atom stereocenters. The van der Waals surface area contributed by atoms with Gasteiger partial charge in [-0.2, -0.15) is 0 Å². The number of nitrogens with zero attached hydrogens (tertiary/aromatic N) is 3. The Balaban J connectivity index is 1.75. The van der Waals surface area contributed by atoms with Crippen molar-refractivity contribution in [2.75, 3.05) is 5.88 Å². The molecule has 0 aliphatic carbocycles. The number of halogens is 1. The largest absolute Gasteiger partial charge is 0.345 e. The molecule has 37 heavy (non-hydrogen) atoms. The Morgan fingerprint density at radius 1 is 0.946 bits per heavy atom. The van der Waals surface area contributed by atoms with E-state index in [4.69, 9.17) is 11.6 Å². The SMILES string of the molecule is Cc1ccc(-n2c(SCc3cccc(C)c3)nnc2C(Cc2ccccc2)NC(=O)C(C)(C)CCl)cc1. The Morgan fingerprint density at radius 2 is 1.65 bits per heavy atom. The number of amides is 1. The van der Waals surface area contributed by atoms with Crippen molar-refractivity contribution in [1.29, 1.82) is 0 Å². The molecule has 4 rings (SSSR count). The van der Waals surface area contributed by atoms with Crippen LogP contribution in [0.3, 0.4) is 0 Å². The molecule has 0 aliphatic rings. The monoisotopic (exact) mass is 532 g/mol. The molecule has 0 radical (unpaired) electrons. The minimum Gasteiger partial charge on any atom is -0.345 e. The van der Waals surface area contributed by atoms with E-state index in [1.165, 1.54) is 16.7 Å². The molecule has 0 aliphatic heterocycles. The molecular weight excluding hydrogens is 500 g/mol. The highest BCUT2D eigenvalue weighted by molar-refractivity contribution is 7.98. The van der Waals surface area contributed by atoms with Gasteiger partial charge < -0.3 is 5.32 Å². The number of carbonyl (C=O) groups excluding carboxylic acids is 1. The van der Waals surface area contributed by atoms with E-state index in [0.717, 1.165) is 22.2 Å². The third kappa shape index (κ3) is 6.82. The Bertz CT molecular complexity index is 1340. The van der Waals surface area contributed by atoms with Crippen LogP contribution in [0.25, 0.3) is 5.69 Å². The molecule has 192 valence electrons. The van der Waals surface area contributed by atoms with E-state index in [2.05, 4.69) is 94.6 Å². The highest BCUT2D eigenvalue weighted by atomic mass is 35.5. The van der Waals surface area contributed by atoms with E-state index < -0.39 is 5.41 Å². The molecular formula is C30H33ClN4OS. The van der Waals surface area contributed by atoms with Crippen LogP contribution in [0.4, 0.5) is 0 Å². The zero-order chi connectivity index (χ0) is 26.4. The van der Waals surface area contributed by atoms with E-state index in [-0.39, 0.29) is 17.8 Å². The van der Waals surface area contributed by atoms with Crippen molar-refractivity contribution in [3.63, 3.8) is 0 Å². The number of alkyl halides is 1.